The number of fused-ring (bicyclic) bond motifs is 2. The van der Waals surface area contributed by atoms with Crippen molar-refractivity contribution in [2.45, 2.75) is 32.4 Å². The van der Waals surface area contributed by atoms with E-state index >= 15 is 0 Å². The molecule has 0 radical (unpaired) electrons. The van der Waals surface area contributed by atoms with Crippen LogP contribution in [0.15, 0.2) is 41.0 Å². The van der Waals surface area contributed by atoms with Gasteiger partial charge in [0.15, 0.2) is 11.5 Å². The van der Waals surface area contributed by atoms with Gasteiger partial charge >= 0.3 is 0 Å². The lowest BCUT2D eigenvalue weighted by Gasteiger charge is -2.31. The molecular weight excluding hydrogens is 380 g/mol. The molecule has 6 nitrogen and oxygen atoms in total. The maximum Gasteiger partial charge on any atom is 0.231 e. The predicted octanol–water partition coefficient (Wildman–Crippen LogP) is 4.54. The fourth-order valence-corrected chi connectivity index (χ4v) is 3.82. The average Bonchev–Trinajstić information content (AvgIpc) is 3.29. The van der Waals surface area contributed by atoms with E-state index in [1.807, 2.05) is 35.2 Å². The monoisotopic (exact) mass is 398 g/mol. The van der Waals surface area contributed by atoms with Crippen molar-refractivity contribution >= 4 is 28.4 Å². The molecule has 1 aliphatic carbocycles. The van der Waals surface area contributed by atoms with Crippen LogP contribution in [-0.2, 0) is 17.9 Å². The van der Waals surface area contributed by atoms with Gasteiger partial charge in [-0.15, -0.1) is 0 Å². The van der Waals surface area contributed by atoms with Gasteiger partial charge in [0.25, 0.3) is 0 Å². The highest BCUT2D eigenvalue weighted by atomic mass is 35.5. The molecule has 0 atom stereocenters. The minimum absolute atomic E-state index is 0.0935. The first-order chi connectivity index (χ1) is 13.7. The summed E-state index contributed by atoms with van der Waals surface area (Å²) >= 11 is 6.47. The highest BCUT2D eigenvalue weighted by Gasteiger charge is 2.30. The zero-order valence-electron chi connectivity index (χ0n) is 15.2. The number of amides is 1. The third-order valence-electron chi connectivity index (χ3n) is 5.39. The van der Waals surface area contributed by atoms with E-state index in [1.165, 1.54) is 0 Å². The Balaban J connectivity index is 1.47. The molecule has 5 rings (SSSR count). The number of rotatable bonds is 5. The van der Waals surface area contributed by atoms with Gasteiger partial charge in [-0.1, -0.05) is 18.0 Å². The average molecular weight is 399 g/mol. The standard InChI is InChI=1S/C21H19ClN2O4/c22-20-15(7-14-8-18-19(28-12-27-18)9-17(14)23-20)10-24(11-16-5-2-6-26-16)21(25)13-3-1-4-13/h2,5-9,13H,1,3-4,10-12H2. The fraction of sp³-hybridized carbons (Fsp3) is 0.333. The smallest absolute Gasteiger partial charge is 0.231 e. The molecule has 1 saturated carbocycles. The van der Waals surface area contributed by atoms with E-state index in [-0.39, 0.29) is 18.6 Å². The van der Waals surface area contributed by atoms with Crippen molar-refractivity contribution in [1.82, 2.24) is 9.88 Å². The van der Waals surface area contributed by atoms with Crippen molar-refractivity contribution in [1.29, 1.82) is 0 Å². The number of nitrogens with zero attached hydrogens (tertiary/aromatic N) is 2. The third kappa shape index (κ3) is 3.18. The van der Waals surface area contributed by atoms with E-state index in [4.69, 9.17) is 25.5 Å². The zero-order valence-corrected chi connectivity index (χ0v) is 15.9. The molecule has 0 saturated heterocycles. The second-order valence-electron chi connectivity index (χ2n) is 7.24. The molecule has 3 aromatic rings. The minimum Gasteiger partial charge on any atom is -0.467 e. The van der Waals surface area contributed by atoms with Crippen molar-refractivity contribution in [2.24, 2.45) is 5.92 Å². The van der Waals surface area contributed by atoms with Crippen molar-refractivity contribution in [3.8, 4) is 11.5 Å². The first kappa shape index (κ1) is 17.4. The van der Waals surface area contributed by atoms with E-state index in [2.05, 4.69) is 4.98 Å². The Bertz CT molecular complexity index is 1030. The lowest BCUT2D eigenvalue weighted by Crippen LogP contribution is -2.38. The van der Waals surface area contributed by atoms with E-state index in [9.17, 15) is 4.79 Å². The van der Waals surface area contributed by atoms with Gasteiger partial charge in [-0.25, -0.2) is 4.98 Å². The van der Waals surface area contributed by atoms with E-state index in [1.54, 1.807) is 6.26 Å². The summed E-state index contributed by atoms with van der Waals surface area (Å²) in [6, 6.07) is 9.40. The number of ether oxygens (including phenoxy) is 2. The van der Waals surface area contributed by atoms with Crippen molar-refractivity contribution < 1.29 is 18.7 Å². The van der Waals surface area contributed by atoms with Crippen LogP contribution < -0.4 is 9.47 Å². The molecule has 0 unspecified atom stereocenters. The van der Waals surface area contributed by atoms with Crippen LogP contribution in [0, 0.1) is 5.92 Å². The fourth-order valence-electron chi connectivity index (χ4n) is 3.62. The highest BCUT2D eigenvalue weighted by molar-refractivity contribution is 6.30. The molecule has 1 fully saturated rings. The van der Waals surface area contributed by atoms with Gasteiger partial charge in [-0.3, -0.25) is 4.79 Å². The number of benzene rings is 1. The molecule has 1 aliphatic heterocycles. The quantitative estimate of drug-likeness (QED) is 0.590. The normalized spacial score (nSPS) is 15.6. The molecule has 7 heteroatoms. The van der Waals surface area contributed by atoms with Gasteiger partial charge in [-0.2, -0.15) is 0 Å². The molecule has 0 bridgehead atoms. The van der Waals surface area contributed by atoms with Crippen molar-refractivity contribution in [3.05, 3.63) is 53.1 Å². The lowest BCUT2D eigenvalue weighted by atomic mass is 9.84. The number of aromatic nitrogens is 1. The summed E-state index contributed by atoms with van der Waals surface area (Å²) < 4.78 is 16.3. The highest BCUT2D eigenvalue weighted by Crippen LogP contribution is 2.37. The Labute approximate surface area is 167 Å². The number of furan rings is 1. The molecule has 144 valence electrons. The number of carbonyl (C=O) groups excluding carboxylic acids is 1. The SMILES string of the molecule is O=C(C1CCC1)N(Cc1ccco1)Cc1cc2cc3c(cc2nc1Cl)OCO3. The Kier molecular flexibility index (Phi) is 4.36. The number of pyridine rings is 1. The Hall–Kier alpha value is -2.73. The largest absolute Gasteiger partial charge is 0.467 e. The summed E-state index contributed by atoms with van der Waals surface area (Å²) in [5.74, 6) is 2.35. The summed E-state index contributed by atoms with van der Waals surface area (Å²) in [4.78, 5) is 19.3. The third-order valence-corrected chi connectivity index (χ3v) is 5.72. The zero-order chi connectivity index (χ0) is 19.1. The Morgan fingerprint density at radius 1 is 1.18 bits per heavy atom. The summed E-state index contributed by atoms with van der Waals surface area (Å²) in [5, 5.41) is 1.29. The van der Waals surface area contributed by atoms with Gasteiger partial charge < -0.3 is 18.8 Å². The van der Waals surface area contributed by atoms with Crippen LogP contribution >= 0.6 is 11.6 Å². The summed E-state index contributed by atoms with van der Waals surface area (Å²) in [6.07, 6.45) is 4.62. The molecule has 1 aromatic carbocycles. The first-order valence-corrected chi connectivity index (χ1v) is 9.75. The molecule has 2 aliphatic rings. The Morgan fingerprint density at radius 2 is 2.00 bits per heavy atom. The van der Waals surface area contributed by atoms with E-state index < -0.39 is 0 Å². The van der Waals surface area contributed by atoms with E-state index in [0.29, 0.717) is 29.7 Å². The molecule has 0 N–H and O–H groups in total. The minimum atomic E-state index is 0.0935. The number of carbonyl (C=O) groups is 1. The molecule has 3 heterocycles. The van der Waals surface area contributed by atoms with Crippen molar-refractivity contribution in [2.75, 3.05) is 6.79 Å². The van der Waals surface area contributed by atoms with Crippen LogP contribution in [0.5, 0.6) is 11.5 Å². The maximum atomic E-state index is 13.0. The van der Waals surface area contributed by atoms with Crippen LogP contribution in [0.2, 0.25) is 5.15 Å². The lowest BCUT2D eigenvalue weighted by molar-refractivity contribution is -0.139. The van der Waals surface area contributed by atoms with Crippen LogP contribution in [-0.4, -0.2) is 22.6 Å². The summed E-state index contributed by atoms with van der Waals surface area (Å²) in [5.41, 5.74) is 1.54. The van der Waals surface area contributed by atoms with Crippen LogP contribution in [0.25, 0.3) is 10.9 Å². The van der Waals surface area contributed by atoms with Gasteiger partial charge in [0.2, 0.25) is 12.7 Å². The first-order valence-electron chi connectivity index (χ1n) is 9.37. The Morgan fingerprint density at radius 3 is 2.71 bits per heavy atom. The maximum absolute atomic E-state index is 13.0. The van der Waals surface area contributed by atoms with Crippen LogP contribution in [0.1, 0.15) is 30.6 Å². The second kappa shape index (κ2) is 7.02. The molecule has 0 spiro atoms. The van der Waals surface area contributed by atoms with Gasteiger partial charge in [0, 0.05) is 29.5 Å². The van der Waals surface area contributed by atoms with Gasteiger partial charge in [0.1, 0.15) is 10.9 Å². The van der Waals surface area contributed by atoms with Crippen LogP contribution in [0.4, 0.5) is 0 Å². The van der Waals surface area contributed by atoms with Gasteiger partial charge in [-0.05, 0) is 37.1 Å². The van der Waals surface area contributed by atoms with Crippen LogP contribution in [0.3, 0.4) is 0 Å². The topological polar surface area (TPSA) is 64.8 Å². The molecule has 2 aromatic heterocycles. The number of hydrogen-bond donors (Lipinski definition) is 0. The summed E-state index contributed by atoms with van der Waals surface area (Å²) in [6.45, 7) is 1.00. The second-order valence-corrected chi connectivity index (χ2v) is 7.60. The number of hydrogen-bond acceptors (Lipinski definition) is 5. The van der Waals surface area contributed by atoms with E-state index in [0.717, 1.165) is 41.5 Å². The number of halogens is 1. The molecule has 1 amide bonds. The summed E-state index contributed by atoms with van der Waals surface area (Å²) in [7, 11) is 0. The van der Waals surface area contributed by atoms with Gasteiger partial charge in [0.05, 0.1) is 18.3 Å². The molecule has 28 heavy (non-hydrogen) atoms. The molecular formula is C21H19ClN2O4. The predicted molar refractivity (Wildman–Crippen MR) is 103 cm³/mol. The van der Waals surface area contributed by atoms with Crippen molar-refractivity contribution in [3.63, 3.8) is 0 Å².